The number of carbonyl (C=O) groups excluding carboxylic acids is 1. The molecule has 0 aliphatic carbocycles. The zero-order valence-corrected chi connectivity index (χ0v) is 16.6. The SMILES string of the molecule is Cc1cccc(NS(=O)(=O)c2cc(C(=O)N3CCNC(C)C3)ccc2C)c1. The molecule has 1 fully saturated rings. The van der Waals surface area contributed by atoms with E-state index < -0.39 is 10.0 Å². The van der Waals surface area contributed by atoms with E-state index in [0.717, 1.165) is 12.1 Å². The van der Waals surface area contributed by atoms with Crippen molar-refractivity contribution in [2.45, 2.75) is 31.7 Å². The predicted molar refractivity (Wildman–Crippen MR) is 107 cm³/mol. The number of amides is 1. The lowest BCUT2D eigenvalue weighted by Crippen LogP contribution is -2.51. The number of nitrogens with zero attached hydrogens (tertiary/aromatic N) is 1. The van der Waals surface area contributed by atoms with E-state index in [2.05, 4.69) is 10.0 Å². The number of hydrogen-bond donors (Lipinski definition) is 2. The lowest BCUT2D eigenvalue weighted by molar-refractivity contribution is 0.0709. The number of anilines is 1. The van der Waals surface area contributed by atoms with Crippen LogP contribution in [0.25, 0.3) is 0 Å². The quantitative estimate of drug-likeness (QED) is 0.845. The van der Waals surface area contributed by atoms with Crippen LogP contribution >= 0.6 is 0 Å². The summed E-state index contributed by atoms with van der Waals surface area (Å²) in [5, 5.41) is 3.30. The van der Waals surface area contributed by atoms with Crippen LogP contribution in [0.4, 0.5) is 5.69 Å². The molecule has 27 heavy (non-hydrogen) atoms. The van der Waals surface area contributed by atoms with Gasteiger partial charge in [-0.2, -0.15) is 0 Å². The average molecular weight is 388 g/mol. The summed E-state index contributed by atoms with van der Waals surface area (Å²) in [6, 6.07) is 12.2. The first-order valence-corrected chi connectivity index (χ1v) is 10.5. The molecular weight excluding hydrogens is 362 g/mol. The Morgan fingerprint density at radius 1 is 1.19 bits per heavy atom. The Balaban J connectivity index is 1.89. The van der Waals surface area contributed by atoms with Gasteiger partial charge in [0.15, 0.2) is 0 Å². The van der Waals surface area contributed by atoms with Gasteiger partial charge >= 0.3 is 0 Å². The van der Waals surface area contributed by atoms with Gasteiger partial charge in [0.25, 0.3) is 15.9 Å². The van der Waals surface area contributed by atoms with Gasteiger partial charge in [-0.3, -0.25) is 9.52 Å². The fraction of sp³-hybridized carbons (Fsp3) is 0.350. The molecule has 0 aromatic heterocycles. The van der Waals surface area contributed by atoms with Gasteiger partial charge < -0.3 is 10.2 Å². The van der Waals surface area contributed by atoms with Crippen LogP contribution in [0.5, 0.6) is 0 Å². The molecule has 1 unspecified atom stereocenters. The Morgan fingerprint density at radius 3 is 2.67 bits per heavy atom. The Hall–Kier alpha value is -2.38. The number of nitrogens with one attached hydrogen (secondary N) is 2. The predicted octanol–water partition coefficient (Wildman–Crippen LogP) is 2.54. The van der Waals surface area contributed by atoms with Gasteiger partial charge in [0.2, 0.25) is 0 Å². The van der Waals surface area contributed by atoms with Gasteiger partial charge in [-0.25, -0.2) is 8.42 Å². The fourth-order valence-corrected chi connectivity index (χ4v) is 4.56. The molecule has 0 spiro atoms. The zero-order chi connectivity index (χ0) is 19.6. The maximum atomic E-state index is 12.9. The fourth-order valence-electron chi connectivity index (χ4n) is 3.24. The highest BCUT2D eigenvalue weighted by Crippen LogP contribution is 2.22. The van der Waals surface area contributed by atoms with E-state index in [9.17, 15) is 13.2 Å². The van der Waals surface area contributed by atoms with Crippen molar-refractivity contribution in [1.29, 1.82) is 0 Å². The molecular formula is C20H25N3O3S. The maximum absolute atomic E-state index is 12.9. The summed E-state index contributed by atoms with van der Waals surface area (Å²) in [5.41, 5.74) is 2.45. The van der Waals surface area contributed by atoms with E-state index in [1.165, 1.54) is 6.07 Å². The van der Waals surface area contributed by atoms with E-state index in [4.69, 9.17) is 0 Å². The third-order valence-corrected chi connectivity index (χ3v) is 6.17. The van der Waals surface area contributed by atoms with Crippen molar-refractivity contribution in [3.05, 3.63) is 59.2 Å². The third kappa shape index (κ3) is 4.48. The van der Waals surface area contributed by atoms with Gasteiger partial charge in [0.05, 0.1) is 4.90 Å². The van der Waals surface area contributed by atoms with Crippen LogP contribution in [0.1, 0.15) is 28.4 Å². The van der Waals surface area contributed by atoms with Crippen LogP contribution < -0.4 is 10.0 Å². The summed E-state index contributed by atoms with van der Waals surface area (Å²) in [6.45, 7) is 7.61. The van der Waals surface area contributed by atoms with Crippen LogP contribution in [0.3, 0.4) is 0 Å². The Kier molecular flexibility index (Phi) is 5.53. The van der Waals surface area contributed by atoms with E-state index >= 15 is 0 Å². The minimum atomic E-state index is -3.79. The molecule has 1 saturated heterocycles. The molecule has 2 aromatic carbocycles. The van der Waals surface area contributed by atoms with Crippen LogP contribution in [-0.4, -0.2) is 44.9 Å². The molecule has 2 N–H and O–H groups in total. The van der Waals surface area contributed by atoms with Gasteiger partial charge in [-0.05, 0) is 56.2 Å². The van der Waals surface area contributed by atoms with Gasteiger partial charge in [-0.15, -0.1) is 0 Å². The molecule has 1 atom stereocenters. The number of benzene rings is 2. The van der Waals surface area contributed by atoms with Crippen LogP contribution in [-0.2, 0) is 10.0 Å². The Labute approximate surface area is 160 Å². The topological polar surface area (TPSA) is 78.5 Å². The van der Waals surface area contributed by atoms with E-state index in [0.29, 0.717) is 29.9 Å². The first-order chi connectivity index (χ1) is 12.8. The summed E-state index contributed by atoms with van der Waals surface area (Å²) in [6.07, 6.45) is 0. The maximum Gasteiger partial charge on any atom is 0.262 e. The van der Waals surface area contributed by atoms with E-state index in [1.807, 2.05) is 19.9 Å². The highest BCUT2D eigenvalue weighted by molar-refractivity contribution is 7.92. The van der Waals surface area contributed by atoms with E-state index in [-0.39, 0.29) is 16.8 Å². The molecule has 6 nitrogen and oxygen atoms in total. The second-order valence-corrected chi connectivity index (χ2v) is 8.71. The number of carbonyl (C=O) groups is 1. The van der Waals surface area contributed by atoms with Crippen molar-refractivity contribution < 1.29 is 13.2 Å². The smallest absolute Gasteiger partial charge is 0.262 e. The highest BCUT2D eigenvalue weighted by atomic mass is 32.2. The summed E-state index contributed by atoms with van der Waals surface area (Å²) in [7, 11) is -3.79. The van der Waals surface area contributed by atoms with Crippen molar-refractivity contribution in [3.8, 4) is 0 Å². The summed E-state index contributed by atoms with van der Waals surface area (Å²) < 4.78 is 28.4. The molecule has 3 rings (SSSR count). The number of rotatable bonds is 4. The van der Waals surface area contributed by atoms with Gasteiger partial charge in [-0.1, -0.05) is 18.2 Å². The molecule has 1 aliphatic heterocycles. The second kappa shape index (κ2) is 7.70. The molecule has 1 heterocycles. The molecule has 0 bridgehead atoms. The number of aryl methyl sites for hydroxylation is 2. The van der Waals surface area contributed by atoms with Crippen LogP contribution in [0.2, 0.25) is 0 Å². The molecule has 1 aliphatic rings. The minimum absolute atomic E-state index is 0.123. The van der Waals surface area contributed by atoms with Crippen molar-refractivity contribution in [2.75, 3.05) is 24.4 Å². The molecule has 144 valence electrons. The van der Waals surface area contributed by atoms with Crippen molar-refractivity contribution in [1.82, 2.24) is 10.2 Å². The van der Waals surface area contributed by atoms with Crippen LogP contribution in [0.15, 0.2) is 47.4 Å². The number of sulfonamides is 1. The lowest BCUT2D eigenvalue weighted by Gasteiger charge is -2.32. The summed E-state index contributed by atoms with van der Waals surface area (Å²) >= 11 is 0. The average Bonchev–Trinajstić information content (AvgIpc) is 2.61. The Bertz CT molecular complexity index is 957. The molecule has 2 aromatic rings. The molecule has 0 radical (unpaired) electrons. The van der Waals surface area contributed by atoms with Crippen molar-refractivity contribution >= 4 is 21.6 Å². The number of hydrogen-bond acceptors (Lipinski definition) is 4. The number of piperazine rings is 1. The first-order valence-electron chi connectivity index (χ1n) is 8.99. The lowest BCUT2D eigenvalue weighted by atomic mass is 10.1. The van der Waals surface area contributed by atoms with Crippen molar-refractivity contribution in [2.24, 2.45) is 0 Å². The van der Waals surface area contributed by atoms with Gasteiger partial charge in [0.1, 0.15) is 0 Å². The largest absolute Gasteiger partial charge is 0.336 e. The first kappa shape index (κ1) is 19.4. The zero-order valence-electron chi connectivity index (χ0n) is 15.8. The summed E-state index contributed by atoms with van der Waals surface area (Å²) in [4.78, 5) is 14.7. The Morgan fingerprint density at radius 2 is 1.96 bits per heavy atom. The highest BCUT2D eigenvalue weighted by Gasteiger charge is 2.24. The van der Waals surface area contributed by atoms with Gasteiger partial charge in [0, 0.05) is 36.9 Å². The minimum Gasteiger partial charge on any atom is -0.336 e. The van der Waals surface area contributed by atoms with Crippen molar-refractivity contribution in [3.63, 3.8) is 0 Å². The normalized spacial score (nSPS) is 17.6. The molecule has 1 amide bonds. The van der Waals surface area contributed by atoms with Crippen LogP contribution in [0, 0.1) is 13.8 Å². The standard InChI is InChI=1S/C20H25N3O3S/c1-14-5-4-6-18(11-14)22-27(25,26)19-12-17(8-7-15(19)2)20(24)23-10-9-21-16(3)13-23/h4-8,11-12,16,21-22H,9-10,13H2,1-3H3. The monoisotopic (exact) mass is 387 g/mol. The second-order valence-electron chi connectivity index (χ2n) is 7.06. The third-order valence-electron chi connectivity index (χ3n) is 4.65. The summed E-state index contributed by atoms with van der Waals surface area (Å²) in [5.74, 6) is -0.143. The molecule has 0 saturated carbocycles. The molecule has 7 heteroatoms. The van der Waals surface area contributed by atoms with E-state index in [1.54, 1.807) is 42.2 Å².